The number of aromatic amines is 1. The summed E-state index contributed by atoms with van der Waals surface area (Å²) in [7, 11) is -2.11. The van der Waals surface area contributed by atoms with Gasteiger partial charge in [-0.25, -0.2) is 0 Å². The summed E-state index contributed by atoms with van der Waals surface area (Å²) in [6, 6.07) is 1.78. The van der Waals surface area contributed by atoms with Crippen LogP contribution in [0, 0.1) is 17.8 Å². The summed E-state index contributed by atoms with van der Waals surface area (Å²) in [5, 5.41) is 11.2. The molecule has 23 heavy (non-hydrogen) atoms. The summed E-state index contributed by atoms with van der Waals surface area (Å²) < 4.78 is 28.9. The Morgan fingerprint density at radius 1 is 1.26 bits per heavy atom. The SMILES string of the molecule is Cc1cnn(C)c1S(=O)(=O)Nc1cc(C2C(C)(C)C2(C)C)[nH]n1. The van der Waals surface area contributed by atoms with Gasteiger partial charge in [-0.2, -0.15) is 18.6 Å². The molecule has 2 N–H and O–H groups in total. The Morgan fingerprint density at radius 3 is 2.35 bits per heavy atom. The van der Waals surface area contributed by atoms with Crippen molar-refractivity contribution in [2.75, 3.05) is 4.72 Å². The van der Waals surface area contributed by atoms with Gasteiger partial charge in [-0.3, -0.25) is 14.5 Å². The van der Waals surface area contributed by atoms with E-state index in [2.05, 4.69) is 47.7 Å². The minimum absolute atomic E-state index is 0.147. The topological polar surface area (TPSA) is 92.7 Å². The Kier molecular flexibility index (Phi) is 3.20. The molecule has 1 aliphatic rings. The molecular formula is C15H23N5O2S. The van der Waals surface area contributed by atoms with Crippen molar-refractivity contribution >= 4 is 15.8 Å². The molecule has 0 bridgehead atoms. The number of aromatic nitrogens is 4. The number of anilines is 1. The fourth-order valence-corrected chi connectivity index (χ4v) is 4.97. The number of hydrogen-bond acceptors (Lipinski definition) is 4. The van der Waals surface area contributed by atoms with Gasteiger partial charge < -0.3 is 0 Å². The van der Waals surface area contributed by atoms with Gasteiger partial charge in [0, 0.05) is 30.3 Å². The summed E-state index contributed by atoms with van der Waals surface area (Å²) in [4.78, 5) is 0. The molecule has 3 rings (SSSR count). The van der Waals surface area contributed by atoms with Crippen LogP contribution in [0.25, 0.3) is 0 Å². The van der Waals surface area contributed by atoms with Crippen molar-refractivity contribution in [3.05, 3.63) is 23.5 Å². The highest BCUT2D eigenvalue weighted by molar-refractivity contribution is 7.92. The molecule has 1 aliphatic carbocycles. The quantitative estimate of drug-likeness (QED) is 0.896. The minimum Gasteiger partial charge on any atom is -0.280 e. The average Bonchev–Trinajstić information content (AvgIpc) is 2.81. The lowest BCUT2D eigenvalue weighted by atomic mass is 10.0. The van der Waals surface area contributed by atoms with Gasteiger partial charge in [-0.1, -0.05) is 27.7 Å². The van der Waals surface area contributed by atoms with E-state index >= 15 is 0 Å². The summed E-state index contributed by atoms with van der Waals surface area (Å²) in [6.07, 6.45) is 1.53. The molecule has 2 aromatic rings. The molecule has 8 heteroatoms. The Balaban J connectivity index is 1.86. The maximum atomic E-state index is 12.5. The highest BCUT2D eigenvalue weighted by Gasteiger charge is 2.65. The van der Waals surface area contributed by atoms with E-state index in [-0.39, 0.29) is 15.9 Å². The predicted molar refractivity (Wildman–Crippen MR) is 87.6 cm³/mol. The Morgan fingerprint density at radius 2 is 1.87 bits per heavy atom. The van der Waals surface area contributed by atoms with Crippen LogP contribution in [0.4, 0.5) is 5.82 Å². The fraction of sp³-hybridized carbons (Fsp3) is 0.600. The van der Waals surface area contributed by atoms with Gasteiger partial charge >= 0.3 is 0 Å². The summed E-state index contributed by atoms with van der Waals surface area (Å²) in [6.45, 7) is 10.6. The maximum Gasteiger partial charge on any atom is 0.280 e. The lowest BCUT2D eigenvalue weighted by Gasteiger charge is -2.06. The number of aryl methyl sites for hydroxylation is 2. The Hall–Kier alpha value is -1.83. The van der Waals surface area contributed by atoms with Gasteiger partial charge in [0.25, 0.3) is 10.0 Å². The number of rotatable bonds is 4. The molecule has 0 saturated heterocycles. The molecule has 2 aromatic heterocycles. The molecule has 0 aliphatic heterocycles. The molecule has 0 radical (unpaired) electrons. The molecule has 1 saturated carbocycles. The largest absolute Gasteiger partial charge is 0.280 e. The van der Waals surface area contributed by atoms with Crippen LogP contribution in [0.15, 0.2) is 17.3 Å². The van der Waals surface area contributed by atoms with Crippen LogP contribution in [-0.2, 0) is 17.1 Å². The van der Waals surface area contributed by atoms with Gasteiger partial charge in [0.15, 0.2) is 10.8 Å². The third-order valence-corrected chi connectivity index (χ3v) is 7.05. The van der Waals surface area contributed by atoms with Crippen LogP contribution in [0.3, 0.4) is 0 Å². The zero-order valence-corrected chi connectivity index (χ0v) is 15.1. The van der Waals surface area contributed by atoms with Crippen molar-refractivity contribution in [2.24, 2.45) is 17.9 Å². The normalized spacial score (nSPS) is 19.7. The standard InChI is InChI=1S/C15H23N5O2S/c1-9-8-16-20(6)13(9)23(21,22)19-11-7-10(17-18-11)12-14(2,3)15(12,4)5/h7-8,12H,1-6H3,(H2,17,18,19). The van der Waals surface area contributed by atoms with Crippen LogP contribution in [0.2, 0.25) is 0 Å². The average molecular weight is 337 g/mol. The van der Waals surface area contributed by atoms with Crippen molar-refractivity contribution in [1.82, 2.24) is 20.0 Å². The molecule has 1 fully saturated rings. The van der Waals surface area contributed by atoms with Crippen LogP contribution in [-0.4, -0.2) is 28.4 Å². The number of nitrogens with zero attached hydrogens (tertiary/aromatic N) is 3. The number of hydrogen-bond donors (Lipinski definition) is 2. The highest BCUT2D eigenvalue weighted by Crippen LogP contribution is 2.73. The first-order chi connectivity index (χ1) is 10.5. The fourth-order valence-electron chi connectivity index (χ4n) is 3.62. The Bertz CT molecular complexity index is 827. The van der Waals surface area contributed by atoms with Gasteiger partial charge in [0.1, 0.15) is 0 Å². The molecule has 7 nitrogen and oxygen atoms in total. The number of nitrogens with one attached hydrogen (secondary N) is 2. The first-order valence-corrected chi connectivity index (χ1v) is 9.03. The lowest BCUT2D eigenvalue weighted by Crippen LogP contribution is -2.17. The minimum atomic E-state index is -3.71. The van der Waals surface area contributed by atoms with Gasteiger partial charge in [0.05, 0.1) is 6.20 Å². The van der Waals surface area contributed by atoms with Crippen LogP contribution >= 0.6 is 0 Å². The molecule has 0 amide bonds. The zero-order chi connectivity index (χ0) is 17.2. The van der Waals surface area contributed by atoms with E-state index in [1.165, 1.54) is 10.9 Å². The monoisotopic (exact) mass is 337 g/mol. The second-order valence-electron chi connectivity index (χ2n) is 7.45. The number of sulfonamides is 1. The van der Waals surface area contributed by atoms with Crippen molar-refractivity contribution in [2.45, 2.75) is 45.6 Å². The third-order valence-electron chi connectivity index (χ3n) is 5.48. The maximum absolute atomic E-state index is 12.5. The molecule has 0 aromatic carbocycles. The molecule has 126 valence electrons. The van der Waals surface area contributed by atoms with Crippen molar-refractivity contribution < 1.29 is 8.42 Å². The Labute approximate surface area is 136 Å². The van der Waals surface area contributed by atoms with E-state index in [1.54, 1.807) is 20.0 Å². The summed E-state index contributed by atoms with van der Waals surface area (Å²) in [5.74, 6) is 0.637. The predicted octanol–water partition coefficient (Wildman–Crippen LogP) is 2.40. The number of H-pyrrole nitrogens is 1. The zero-order valence-electron chi connectivity index (χ0n) is 14.3. The van der Waals surface area contributed by atoms with E-state index < -0.39 is 10.0 Å². The lowest BCUT2D eigenvalue weighted by molar-refractivity contribution is 0.457. The first kappa shape index (κ1) is 16.0. The van der Waals surface area contributed by atoms with E-state index in [1.807, 2.05) is 0 Å². The molecular weight excluding hydrogens is 314 g/mol. The summed E-state index contributed by atoms with van der Waals surface area (Å²) >= 11 is 0. The van der Waals surface area contributed by atoms with Crippen molar-refractivity contribution in [3.63, 3.8) is 0 Å². The summed E-state index contributed by atoms with van der Waals surface area (Å²) in [5.41, 5.74) is 1.88. The van der Waals surface area contributed by atoms with Gasteiger partial charge in [0.2, 0.25) is 0 Å². The second kappa shape index (κ2) is 4.59. The second-order valence-corrected chi connectivity index (χ2v) is 9.04. The van der Waals surface area contributed by atoms with E-state index in [4.69, 9.17) is 0 Å². The van der Waals surface area contributed by atoms with Crippen LogP contribution < -0.4 is 4.72 Å². The van der Waals surface area contributed by atoms with Gasteiger partial charge in [-0.05, 0) is 17.8 Å². The van der Waals surface area contributed by atoms with Crippen LogP contribution in [0.5, 0.6) is 0 Å². The van der Waals surface area contributed by atoms with E-state index in [9.17, 15) is 8.42 Å². The highest BCUT2D eigenvalue weighted by atomic mass is 32.2. The molecule has 0 spiro atoms. The van der Waals surface area contributed by atoms with Crippen LogP contribution in [0.1, 0.15) is 44.9 Å². The first-order valence-electron chi connectivity index (χ1n) is 7.55. The van der Waals surface area contributed by atoms with Crippen molar-refractivity contribution in [1.29, 1.82) is 0 Å². The van der Waals surface area contributed by atoms with Crippen molar-refractivity contribution in [3.8, 4) is 0 Å². The van der Waals surface area contributed by atoms with E-state index in [0.717, 1.165) is 5.69 Å². The molecule has 0 unspecified atom stereocenters. The smallest absolute Gasteiger partial charge is 0.280 e. The van der Waals surface area contributed by atoms with Gasteiger partial charge in [-0.15, -0.1) is 0 Å². The third kappa shape index (κ3) is 2.27. The van der Waals surface area contributed by atoms with E-state index in [0.29, 0.717) is 17.3 Å². The molecule has 2 heterocycles. The molecule has 0 atom stereocenters.